The summed E-state index contributed by atoms with van der Waals surface area (Å²) in [5.74, 6) is -0.326. The van der Waals surface area contributed by atoms with Crippen LogP contribution < -0.4 is 0 Å². The third-order valence-electron chi connectivity index (χ3n) is 1.25. The molecular formula is C8H5Br2FO. The molecule has 1 aromatic rings. The van der Waals surface area contributed by atoms with Gasteiger partial charge in [0.05, 0.1) is 3.39 Å². The van der Waals surface area contributed by atoms with Crippen LogP contribution in [-0.2, 0) is 0 Å². The third kappa shape index (κ3) is 2.60. The number of phenolic OH excluding ortho intramolecular Hbond substituents is 1. The molecule has 12 heavy (non-hydrogen) atoms. The summed E-state index contributed by atoms with van der Waals surface area (Å²) in [6, 6.07) is 3.76. The Morgan fingerprint density at radius 1 is 1.42 bits per heavy atom. The molecule has 0 radical (unpaired) electrons. The molecule has 1 N–H and O–H groups in total. The summed E-state index contributed by atoms with van der Waals surface area (Å²) in [7, 11) is 0. The Balaban J connectivity index is 3.14. The molecule has 0 bridgehead atoms. The second-order valence-corrected chi connectivity index (χ2v) is 4.91. The number of hydrogen-bond acceptors (Lipinski definition) is 1. The molecule has 0 unspecified atom stereocenters. The fraction of sp³-hybridized carbons (Fsp3) is 0. The van der Waals surface area contributed by atoms with Crippen LogP contribution in [0.3, 0.4) is 0 Å². The highest BCUT2D eigenvalue weighted by atomic mass is 79.9. The highest BCUT2D eigenvalue weighted by Gasteiger charge is 1.99. The predicted molar refractivity (Wildman–Crippen MR) is 53.9 cm³/mol. The Bertz CT molecular complexity index is 319. The van der Waals surface area contributed by atoms with Crippen LogP contribution in [0.2, 0.25) is 0 Å². The SMILES string of the molecule is Oc1ccc(F)cc1C=C(Br)Br. The maximum Gasteiger partial charge on any atom is 0.124 e. The van der Waals surface area contributed by atoms with Crippen LogP contribution in [-0.4, -0.2) is 5.11 Å². The number of halogens is 3. The number of aromatic hydroxyl groups is 1. The van der Waals surface area contributed by atoms with Gasteiger partial charge in [-0.3, -0.25) is 0 Å². The third-order valence-corrected chi connectivity index (χ3v) is 1.71. The molecule has 0 aliphatic carbocycles. The summed E-state index contributed by atoms with van der Waals surface area (Å²) in [6.45, 7) is 0. The maximum absolute atomic E-state index is 12.6. The van der Waals surface area contributed by atoms with Gasteiger partial charge in [-0.2, -0.15) is 0 Å². The fourth-order valence-corrected chi connectivity index (χ4v) is 1.25. The van der Waals surface area contributed by atoms with Gasteiger partial charge in [0.25, 0.3) is 0 Å². The largest absolute Gasteiger partial charge is 0.507 e. The van der Waals surface area contributed by atoms with E-state index in [2.05, 4.69) is 31.9 Å². The van der Waals surface area contributed by atoms with E-state index in [0.29, 0.717) is 8.96 Å². The number of hydrogen-bond donors (Lipinski definition) is 1. The van der Waals surface area contributed by atoms with Crippen molar-refractivity contribution in [1.29, 1.82) is 0 Å². The first kappa shape index (κ1) is 9.74. The summed E-state index contributed by atoms with van der Waals surface area (Å²) >= 11 is 6.23. The number of benzene rings is 1. The van der Waals surface area contributed by atoms with Gasteiger partial charge in [0, 0.05) is 5.56 Å². The van der Waals surface area contributed by atoms with Crippen molar-refractivity contribution in [3.63, 3.8) is 0 Å². The molecule has 0 spiro atoms. The molecule has 1 rings (SSSR count). The van der Waals surface area contributed by atoms with Gasteiger partial charge >= 0.3 is 0 Å². The van der Waals surface area contributed by atoms with Crippen molar-refractivity contribution < 1.29 is 9.50 Å². The van der Waals surface area contributed by atoms with Crippen molar-refractivity contribution in [3.05, 3.63) is 33.0 Å². The zero-order valence-corrected chi connectivity index (χ0v) is 9.06. The molecule has 0 saturated carbocycles. The second-order valence-electron chi connectivity index (χ2n) is 2.14. The minimum atomic E-state index is -0.375. The zero-order chi connectivity index (χ0) is 9.14. The molecule has 0 aliphatic heterocycles. The zero-order valence-electron chi connectivity index (χ0n) is 5.89. The molecule has 0 fully saturated rings. The van der Waals surface area contributed by atoms with Crippen LogP contribution in [0.5, 0.6) is 5.75 Å². The highest BCUT2D eigenvalue weighted by molar-refractivity contribution is 9.28. The lowest BCUT2D eigenvalue weighted by Gasteiger charge is -1.98. The molecule has 0 aliphatic rings. The summed E-state index contributed by atoms with van der Waals surface area (Å²) < 4.78 is 13.3. The van der Waals surface area contributed by atoms with Crippen LogP contribution in [0, 0.1) is 5.82 Å². The topological polar surface area (TPSA) is 20.2 Å². The van der Waals surface area contributed by atoms with E-state index in [-0.39, 0.29) is 11.6 Å². The Morgan fingerprint density at radius 2 is 2.08 bits per heavy atom. The molecular weight excluding hydrogens is 291 g/mol. The predicted octanol–water partition coefficient (Wildman–Crippen LogP) is 3.62. The molecule has 0 amide bonds. The highest BCUT2D eigenvalue weighted by Crippen LogP contribution is 2.24. The van der Waals surface area contributed by atoms with E-state index in [0.717, 1.165) is 0 Å². The summed E-state index contributed by atoms with van der Waals surface area (Å²) in [6.07, 6.45) is 1.57. The van der Waals surface area contributed by atoms with Crippen molar-refractivity contribution in [1.82, 2.24) is 0 Å². The van der Waals surface area contributed by atoms with Gasteiger partial charge in [-0.25, -0.2) is 4.39 Å². The van der Waals surface area contributed by atoms with Crippen LogP contribution in [0.1, 0.15) is 5.56 Å². The summed E-state index contributed by atoms with van der Waals surface area (Å²) in [5.41, 5.74) is 0.429. The lowest BCUT2D eigenvalue weighted by molar-refractivity contribution is 0.471. The Kier molecular flexibility index (Phi) is 3.29. The fourth-order valence-electron chi connectivity index (χ4n) is 0.759. The van der Waals surface area contributed by atoms with E-state index >= 15 is 0 Å². The molecule has 0 heterocycles. The minimum absolute atomic E-state index is 0.0489. The van der Waals surface area contributed by atoms with E-state index in [4.69, 9.17) is 0 Å². The summed E-state index contributed by atoms with van der Waals surface area (Å²) in [5, 5.41) is 9.23. The monoisotopic (exact) mass is 294 g/mol. The van der Waals surface area contributed by atoms with Crippen LogP contribution in [0.15, 0.2) is 21.6 Å². The molecule has 64 valence electrons. The molecule has 4 heteroatoms. The normalized spacial score (nSPS) is 9.58. The first-order valence-corrected chi connectivity index (χ1v) is 4.69. The van der Waals surface area contributed by atoms with Gasteiger partial charge in [-0.1, -0.05) is 0 Å². The van der Waals surface area contributed by atoms with Gasteiger partial charge in [-0.05, 0) is 56.1 Å². The molecule has 0 saturated heterocycles. The first-order chi connectivity index (χ1) is 5.59. The van der Waals surface area contributed by atoms with Crippen molar-refractivity contribution in [2.75, 3.05) is 0 Å². The summed E-state index contributed by atoms with van der Waals surface area (Å²) in [4.78, 5) is 0. The van der Waals surface area contributed by atoms with Crippen LogP contribution in [0.4, 0.5) is 4.39 Å². The number of phenols is 1. The van der Waals surface area contributed by atoms with Crippen molar-refractivity contribution in [2.45, 2.75) is 0 Å². The quantitative estimate of drug-likeness (QED) is 0.839. The van der Waals surface area contributed by atoms with E-state index in [1.54, 1.807) is 6.08 Å². The van der Waals surface area contributed by atoms with Gasteiger partial charge < -0.3 is 5.11 Å². The van der Waals surface area contributed by atoms with Gasteiger partial charge in [0.1, 0.15) is 11.6 Å². The molecule has 1 nitrogen and oxygen atoms in total. The number of rotatable bonds is 1. The van der Waals surface area contributed by atoms with E-state index < -0.39 is 0 Å². The molecule has 1 aromatic carbocycles. The smallest absolute Gasteiger partial charge is 0.124 e. The maximum atomic E-state index is 12.6. The van der Waals surface area contributed by atoms with Crippen molar-refractivity contribution in [2.24, 2.45) is 0 Å². The van der Waals surface area contributed by atoms with Crippen molar-refractivity contribution >= 4 is 37.9 Å². The van der Waals surface area contributed by atoms with Crippen LogP contribution in [0.25, 0.3) is 6.08 Å². The van der Waals surface area contributed by atoms with Gasteiger partial charge in [-0.15, -0.1) is 0 Å². The average Bonchev–Trinajstić information content (AvgIpc) is 1.96. The molecule has 0 aromatic heterocycles. The van der Waals surface area contributed by atoms with Crippen LogP contribution >= 0.6 is 31.9 Å². The Hall–Kier alpha value is -0.350. The van der Waals surface area contributed by atoms with E-state index in [1.807, 2.05) is 0 Å². The van der Waals surface area contributed by atoms with E-state index in [9.17, 15) is 9.50 Å². The minimum Gasteiger partial charge on any atom is -0.507 e. The second kappa shape index (κ2) is 4.05. The van der Waals surface area contributed by atoms with Crippen molar-refractivity contribution in [3.8, 4) is 5.75 Å². The average molecular weight is 296 g/mol. The Morgan fingerprint density at radius 3 is 2.67 bits per heavy atom. The molecule has 0 atom stereocenters. The lowest BCUT2D eigenvalue weighted by Crippen LogP contribution is -1.77. The standard InChI is InChI=1S/C8H5Br2FO/c9-8(10)4-5-3-6(11)1-2-7(5)12/h1-4,12H. The lowest BCUT2D eigenvalue weighted by atomic mass is 10.2. The van der Waals surface area contributed by atoms with Gasteiger partial charge in [0.2, 0.25) is 0 Å². The Labute approximate surface area is 86.2 Å². The van der Waals surface area contributed by atoms with Gasteiger partial charge in [0.15, 0.2) is 0 Å². The van der Waals surface area contributed by atoms with E-state index in [1.165, 1.54) is 18.2 Å². The first-order valence-electron chi connectivity index (χ1n) is 3.11.